The number of carbonyl (C=O) groups is 2. The molecule has 4 rings (SSSR count). The Morgan fingerprint density at radius 2 is 1.68 bits per heavy atom. The highest BCUT2D eigenvalue weighted by molar-refractivity contribution is 6.34. The zero-order valence-electron chi connectivity index (χ0n) is 20.0. The van der Waals surface area contributed by atoms with Gasteiger partial charge in [0.25, 0.3) is 11.8 Å². The quantitative estimate of drug-likeness (QED) is 0.506. The van der Waals surface area contributed by atoms with Crippen LogP contribution >= 0.6 is 11.6 Å². The normalized spacial score (nSPS) is 25.1. The van der Waals surface area contributed by atoms with E-state index in [1.54, 1.807) is 32.0 Å². The number of nitrogens with two attached hydrogens (primary N) is 1. The lowest BCUT2D eigenvalue weighted by molar-refractivity contribution is 0.0917. The number of carbonyl (C=O) groups excluding carboxylic acids is 2. The second kappa shape index (κ2) is 10.9. The lowest BCUT2D eigenvalue weighted by atomic mass is 9.76. The third-order valence-electron chi connectivity index (χ3n) is 7.48. The van der Waals surface area contributed by atoms with Gasteiger partial charge in [0.2, 0.25) is 0 Å². The standard InChI is InChI=1S/C26H35ClN4O3/c1-15-24(16(2)34-31-15)26(33)30-23-14-19(7-12-22(23)27)25(32)29-21-10-5-18(6-11-21)13-17-3-8-20(28)9-4-17/h7,12,14,17-18,20-21H,3-6,8-11,13,28H2,1-2H3,(H,29,32)(H,30,33). The molecule has 0 saturated heterocycles. The second-order valence-electron chi connectivity index (χ2n) is 10.1. The summed E-state index contributed by atoms with van der Waals surface area (Å²) in [5.74, 6) is 1.50. The van der Waals surface area contributed by atoms with E-state index in [0.717, 1.165) is 50.4 Å². The van der Waals surface area contributed by atoms with E-state index < -0.39 is 0 Å². The number of anilines is 1. The third kappa shape index (κ3) is 5.99. The third-order valence-corrected chi connectivity index (χ3v) is 7.81. The molecule has 1 aromatic heterocycles. The summed E-state index contributed by atoms with van der Waals surface area (Å²) in [4.78, 5) is 25.6. The molecule has 1 heterocycles. The smallest absolute Gasteiger partial charge is 0.261 e. The molecule has 2 saturated carbocycles. The maximum atomic E-state index is 12.9. The average molecular weight is 487 g/mol. The van der Waals surface area contributed by atoms with Crippen molar-refractivity contribution in [1.82, 2.24) is 10.5 Å². The van der Waals surface area contributed by atoms with Crippen molar-refractivity contribution in [3.8, 4) is 0 Å². The Hall–Kier alpha value is -2.38. The molecule has 2 fully saturated rings. The van der Waals surface area contributed by atoms with E-state index in [4.69, 9.17) is 21.9 Å². The van der Waals surface area contributed by atoms with Crippen LogP contribution in [0.2, 0.25) is 5.02 Å². The van der Waals surface area contributed by atoms with Crippen LogP contribution in [0, 0.1) is 25.7 Å². The van der Waals surface area contributed by atoms with Crippen molar-refractivity contribution < 1.29 is 14.1 Å². The lowest BCUT2D eigenvalue weighted by Crippen LogP contribution is -2.38. The molecule has 34 heavy (non-hydrogen) atoms. The van der Waals surface area contributed by atoms with Crippen LogP contribution < -0.4 is 16.4 Å². The molecular formula is C26H35ClN4O3. The van der Waals surface area contributed by atoms with Gasteiger partial charge in [-0.3, -0.25) is 9.59 Å². The SMILES string of the molecule is Cc1noc(C)c1C(=O)Nc1cc(C(=O)NC2CCC(CC3CCC(N)CC3)CC2)ccc1Cl. The summed E-state index contributed by atoms with van der Waals surface area (Å²) < 4.78 is 5.07. The van der Waals surface area contributed by atoms with Gasteiger partial charge in [-0.25, -0.2) is 0 Å². The fraction of sp³-hybridized carbons (Fsp3) is 0.577. The highest BCUT2D eigenvalue weighted by Crippen LogP contribution is 2.35. The number of hydrogen-bond donors (Lipinski definition) is 3. The predicted octanol–water partition coefficient (Wildman–Crippen LogP) is 5.39. The summed E-state index contributed by atoms with van der Waals surface area (Å²) in [6.07, 6.45) is 10.5. The minimum absolute atomic E-state index is 0.144. The Morgan fingerprint density at radius 1 is 1.03 bits per heavy atom. The number of aryl methyl sites for hydroxylation is 2. The van der Waals surface area contributed by atoms with E-state index in [2.05, 4.69) is 15.8 Å². The molecule has 0 aliphatic heterocycles. The molecule has 0 unspecified atom stereocenters. The fourth-order valence-corrected chi connectivity index (χ4v) is 5.63. The molecule has 2 aromatic rings. The van der Waals surface area contributed by atoms with Crippen LogP contribution in [0.15, 0.2) is 22.7 Å². The molecule has 8 heteroatoms. The van der Waals surface area contributed by atoms with E-state index in [1.807, 2.05) is 0 Å². The summed E-state index contributed by atoms with van der Waals surface area (Å²) in [6, 6.07) is 5.52. The van der Waals surface area contributed by atoms with Crippen LogP contribution in [0.5, 0.6) is 0 Å². The van der Waals surface area contributed by atoms with Crippen molar-refractivity contribution in [2.24, 2.45) is 17.6 Å². The first-order valence-corrected chi connectivity index (χ1v) is 12.8. The van der Waals surface area contributed by atoms with Crippen molar-refractivity contribution in [3.05, 3.63) is 45.8 Å². The minimum Gasteiger partial charge on any atom is -0.361 e. The Balaban J connectivity index is 1.30. The van der Waals surface area contributed by atoms with Crippen molar-refractivity contribution in [2.75, 3.05) is 5.32 Å². The first-order valence-electron chi connectivity index (χ1n) is 12.4. The second-order valence-corrected chi connectivity index (χ2v) is 10.5. The Labute approximate surface area is 206 Å². The molecule has 0 spiro atoms. The number of hydrogen-bond acceptors (Lipinski definition) is 5. The molecule has 1 aromatic carbocycles. The van der Waals surface area contributed by atoms with E-state index in [0.29, 0.717) is 39.3 Å². The average Bonchev–Trinajstić information content (AvgIpc) is 3.16. The van der Waals surface area contributed by atoms with Crippen LogP contribution in [0.25, 0.3) is 0 Å². The first kappa shape index (κ1) is 24.7. The fourth-order valence-electron chi connectivity index (χ4n) is 5.46. The molecule has 0 bridgehead atoms. The molecule has 7 nitrogen and oxygen atoms in total. The van der Waals surface area contributed by atoms with Gasteiger partial charge < -0.3 is 20.9 Å². The molecule has 184 valence electrons. The molecule has 4 N–H and O–H groups in total. The van der Waals surface area contributed by atoms with E-state index in [1.165, 1.54) is 19.3 Å². The van der Waals surface area contributed by atoms with Gasteiger partial charge in [-0.05, 0) is 102 Å². The molecular weight excluding hydrogens is 452 g/mol. The number of benzene rings is 1. The zero-order chi connectivity index (χ0) is 24.2. The molecule has 0 atom stereocenters. The van der Waals surface area contributed by atoms with Gasteiger partial charge in [-0.2, -0.15) is 0 Å². The number of rotatable bonds is 6. The summed E-state index contributed by atoms with van der Waals surface area (Å²) in [6.45, 7) is 3.38. The van der Waals surface area contributed by atoms with Gasteiger partial charge in [0.1, 0.15) is 11.3 Å². The number of halogens is 1. The molecule has 0 radical (unpaired) electrons. The van der Waals surface area contributed by atoms with E-state index in [-0.39, 0.29) is 17.9 Å². The van der Waals surface area contributed by atoms with Gasteiger partial charge in [-0.1, -0.05) is 16.8 Å². The molecule has 2 amide bonds. The summed E-state index contributed by atoms with van der Waals surface area (Å²) >= 11 is 6.29. The Morgan fingerprint density at radius 3 is 2.29 bits per heavy atom. The topological polar surface area (TPSA) is 110 Å². The van der Waals surface area contributed by atoms with E-state index >= 15 is 0 Å². The number of aromatic nitrogens is 1. The van der Waals surface area contributed by atoms with Gasteiger partial charge >= 0.3 is 0 Å². The van der Waals surface area contributed by atoms with Crippen LogP contribution in [0.4, 0.5) is 5.69 Å². The monoisotopic (exact) mass is 486 g/mol. The van der Waals surface area contributed by atoms with Crippen molar-refractivity contribution in [3.63, 3.8) is 0 Å². The van der Waals surface area contributed by atoms with Gasteiger partial charge in [0.15, 0.2) is 0 Å². The summed E-state index contributed by atoms with van der Waals surface area (Å²) in [5, 5.41) is 10.1. The largest absolute Gasteiger partial charge is 0.361 e. The van der Waals surface area contributed by atoms with Crippen molar-refractivity contribution in [2.45, 2.75) is 83.7 Å². The van der Waals surface area contributed by atoms with Gasteiger partial charge in [-0.15, -0.1) is 0 Å². The Kier molecular flexibility index (Phi) is 7.94. The van der Waals surface area contributed by atoms with Crippen LogP contribution in [0.3, 0.4) is 0 Å². The van der Waals surface area contributed by atoms with Crippen LogP contribution in [-0.2, 0) is 0 Å². The number of amides is 2. The Bertz CT molecular complexity index is 1000. The summed E-state index contributed by atoms with van der Waals surface area (Å²) in [7, 11) is 0. The van der Waals surface area contributed by atoms with Crippen molar-refractivity contribution >= 4 is 29.1 Å². The van der Waals surface area contributed by atoms with Crippen molar-refractivity contribution in [1.29, 1.82) is 0 Å². The molecule has 2 aliphatic rings. The zero-order valence-corrected chi connectivity index (χ0v) is 20.8. The minimum atomic E-state index is -0.367. The van der Waals surface area contributed by atoms with Crippen LogP contribution in [-0.4, -0.2) is 29.1 Å². The maximum Gasteiger partial charge on any atom is 0.261 e. The molecule has 2 aliphatic carbocycles. The van der Waals surface area contributed by atoms with Gasteiger partial charge in [0.05, 0.1) is 16.4 Å². The predicted molar refractivity (Wildman–Crippen MR) is 133 cm³/mol. The highest BCUT2D eigenvalue weighted by atomic mass is 35.5. The maximum absolute atomic E-state index is 12.9. The summed E-state index contributed by atoms with van der Waals surface area (Å²) in [5.41, 5.74) is 7.78. The van der Waals surface area contributed by atoms with Crippen LogP contribution in [0.1, 0.15) is 90.0 Å². The van der Waals surface area contributed by atoms with Gasteiger partial charge in [0, 0.05) is 17.6 Å². The highest BCUT2D eigenvalue weighted by Gasteiger charge is 2.27. The first-order chi connectivity index (χ1) is 16.3. The van der Waals surface area contributed by atoms with E-state index in [9.17, 15) is 9.59 Å². The number of nitrogens with zero attached hydrogens (tertiary/aromatic N) is 1. The number of nitrogens with one attached hydrogen (secondary N) is 2. The lowest BCUT2D eigenvalue weighted by Gasteiger charge is -2.33.